The number of hydrogen-bond donors (Lipinski definition) is 1. The van der Waals surface area contributed by atoms with Crippen molar-refractivity contribution in [3.8, 4) is 11.3 Å². The molecule has 2 saturated heterocycles. The van der Waals surface area contributed by atoms with E-state index in [2.05, 4.69) is 5.10 Å². The van der Waals surface area contributed by atoms with Crippen LogP contribution in [0.1, 0.15) is 40.5 Å². The number of hydrogen-bond acceptors (Lipinski definition) is 6. The molecule has 2 aromatic rings. The quantitative estimate of drug-likeness (QED) is 0.706. The lowest BCUT2D eigenvalue weighted by atomic mass is 10.0. The lowest BCUT2D eigenvalue weighted by Gasteiger charge is -2.32. The van der Waals surface area contributed by atoms with Crippen LogP contribution in [0.25, 0.3) is 11.3 Å². The van der Waals surface area contributed by atoms with E-state index in [-0.39, 0.29) is 34.8 Å². The summed E-state index contributed by atoms with van der Waals surface area (Å²) in [7, 11) is -3.67. The van der Waals surface area contributed by atoms with Crippen molar-refractivity contribution >= 4 is 21.8 Å². The molecule has 11 heteroatoms. The lowest BCUT2D eigenvalue weighted by Crippen LogP contribution is -2.41. The van der Waals surface area contributed by atoms with Gasteiger partial charge in [0.2, 0.25) is 0 Å². The molecule has 3 aliphatic heterocycles. The molecule has 176 valence electrons. The van der Waals surface area contributed by atoms with Gasteiger partial charge in [0.05, 0.1) is 35.6 Å². The largest absolute Gasteiger partial charge is 0.465 e. The van der Waals surface area contributed by atoms with Crippen LogP contribution in [-0.2, 0) is 20.3 Å². The van der Waals surface area contributed by atoms with Crippen LogP contribution < -0.4 is 0 Å². The minimum absolute atomic E-state index is 0.134. The number of rotatable bonds is 2. The second kappa shape index (κ2) is 8.14. The molecule has 0 aliphatic carbocycles. The zero-order valence-corrected chi connectivity index (χ0v) is 19.2. The highest BCUT2D eigenvalue weighted by molar-refractivity contribution is 7.91. The summed E-state index contributed by atoms with van der Waals surface area (Å²) in [6.45, 7) is 4.12. The zero-order valence-electron chi connectivity index (χ0n) is 18.4. The summed E-state index contributed by atoms with van der Waals surface area (Å²) in [6.07, 6.45) is 0.359. The first-order valence-electron chi connectivity index (χ1n) is 11.1. The summed E-state index contributed by atoms with van der Waals surface area (Å²) in [5.41, 5.74) is 2.31. The van der Waals surface area contributed by atoms with Crippen LogP contribution in [0.2, 0.25) is 0 Å². The summed E-state index contributed by atoms with van der Waals surface area (Å²) in [6, 6.07) is 5.01. The van der Waals surface area contributed by atoms with Crippen LogP contribution in [0.5, 0.6) is 0 Å². The molecule has 10 nitrogen and oxygen atoms in total. The van der Waals surface area contributed by atoms with Gasteiger partial charge in [0.15, 0.2) is 15.5 Å². The maximum atomic E-state index is 13.4. The molecule has 2 fully saturated rings. The van der Waals surface area contributed by atoms with Gasteiger partial charge in [-0.3, -0.25) is 9.48 Å². The van der Waals surface area contributed by atoms with Gasteiger partial charge in [-0.15, -0.1) is 0 Å². The van der Waals surface area contributed by atoms with E-state index in [1.807, 2.05) is 0 Å². The third-order valence-corrected chi connectivity index (χ3v) is 8.47. The summed E-state index contributed by atoms with van der Waals surface area (Å²) < 4.78 is 33.6. The fraction of sp³-hybridized carbons (Fsp3) is 0.500. The number of nitrogens with zero attached hydrogens (tertiary/aromatic N) is 4. The van der Waals surface area contributed by atoms with E-state index in [0.717, 1.165) is 0 Å². The number of morpholine rings is 1. The van der Waals surface area contributed by atoms with E-state index in [0.29, 0.717) is 68.1 Å². The van der Waals surface area contributed by atoms with Crippen LogP contribution in [-0.4, -0.2) is 84.5 Å². The second-order valence-corrected chi connectivity index (χ2v) is 10.7. The average Bonchev–Trinajstić information content (AvgIpc) is 3.17. The van der Waals surface area contributed by atoms with Gasteiger partial charge in [0.1, 0.15) is 0 Å². The van der Waals surface area contributed by atoms with Crippen molar-refractivity contribution < 1.29 is 27.9 Å². The van der Waals surface area contributed by atoms with Crippen molar-refractivity contribution in [2.24, 2.45) is 0 Å². The molecule has 1 aromatic heterocycles. The van der Waals surface area contributed by atoms with Crippen molar-refractivity contribution in [2.45, 2.75) is 36.5 Å². The predicted octanol–water partition coefficient (Wildman–Crippen LogP) is 1.93. The van der Waals surface area contributed by atoms with Crippen molar-refractivity contribution in [3.63, 3.8) is 0 Å². The van der Waals surface area contributed by atoms with Gasteiger partial charge in [0.25, 0.3) is 5.91 Å². The number of benzene rings is 1. The molecule has 0 spiro atoms. The van der Waals surface area contributed by atoms with Gasteiger partial charge in [-0.2, -0.15) is 5.10 Å². The van der Waals surface area contributed by atoms with Crippen LogP contribution >= 0.6 is 0 Å². The number of amides is 2. The van der Waals surface area contributed by atoms with Crippen molar-refractivity contribution in [1.29, 1.82) is 0 Å². The number of carboxylic acid groups (broad SMARTS) is 1. The SMILES string of the molecule is Cc1cccc2c1S(=O)(=O)Cc1c(C(=O)N3CCOCC3)nn(C3CCCN(C(=O)O)C3)c1-2. The van der Waals surface area contributed by atoms with Crippen LogP contribution in [0.15, 0.2) is 23.1 Å². The third kappa shape index (κ3) is 3.68. The summed E-state index contributed by atoms with van der Waals surface area (Å²) >= 11 is 0. The normalized spacial score (nSPS) is 21.9. The number of sulfone groups is 1. The Morgan fingerprint density at radius 1 is 1.15 bits per heavy atom. The van der Waals surface area contributed by atoms with Gasteiger partial charge in [-0.25, -0.2) is 13.2 Å². The van der Waals surface area contributed by atoms with E-state index < -0.39 is 15.9 Å². The van der Waals surface area contributed by atoms with E-state index >= 15 is 0 Å². The first-order chi connectivity index (χ1) is 15.8. The van der Waals surface area contributed by atoms with Crippen molar-refractivity contribution in [2.75, 3.05) is 39.4 Å². The minimum atomic E-state index is -3.67. The molecule has 0 radical (unpaired) electrons. The number of carbonyl (C=O) groups excluding carboxylic acids is 1. The van der Waals surface area contributed by atoms with E-state index in [1.54, 1.807) is 34.7 Å². The van der Waals surface area contributed by atoms with Gasteiger partial charge in [0, 0.05) is 37.3 Å². The Balaban J connectivity index is 1.69. The molecule has 4 heterocycles. The number of aromatic nitrogens is 2. The van der Waals surface area contributed by atoms with Crippen molar-refractivity contribution in [3.05, 3.63) is 35.0 Å². The van der Waals surface area contributed by atoms with Gasteiger partial charge >= 0.3 is 6.09 Å². The second-order valence-electron chi connectivity index (χ2n) is 8.76. The lowest BCUT2D eigenvalue weighted by molar-refractivity contribution is 0.0297. The number of piperidine rings is 1. The molecule has 0 bridgehead atoms. The summed E-state index contributed by atoms with van der Waals surface area (Å²) in [4.78, 5) is 28.3. The highest BCUT2D eigenvalue weighted by Crippen LogP contribution is 2.43. The number of aryl methyl sites for hydroxylation is 1. The van der Waals surface area contributed by atoms with Crippen LogP contribution in [0, 0.1) is 6.92 Å². The smallest absolute Gasteiger partial charge is 0.407 e. The molecule has 33 heavy (non-hydrogen) atoms. The molecular formula is C22H26N4O6S. The van der Waals surface area contributed by atoms with Crippen molar-refractivity contribution in [1.82, 2.24) is 19.6 Å². The van der Waals surface area contributed by atoms with E-state index in [4.69, 9.17) is 4.74 Å². The van der Waals surface area contributed by atoms with Gasteiger partial charge in [-0.05, 0) is 25.3 Å². The molecule has 1 atom stereocenters. The highest BCUT2D eigenvalue weighted by atomic mass is 32.2. The number of carbonyl (C=O) groups is 2. The van der Waals surface area contributed by atoms with Crippen LogP contribution in [0.3, 0.4) is 0 Å². The number of ether oxygens (including phenoxy) is 1. The maximum absolute atomic E-state index is 13.4. The number of fused-ring (bicyclic) bond motifs is 3. The van der Waals surface area contributed by atoms with E-state index in [9.17, 15) is 23.1 Å². The monoisotopic (exact) mass is 474 g/mol. The van der Waals surface area contributed by atoms with Crippen LogP contribution in [0.4, 0.5) is 4.79 Å². The molecule has 5 rings (SSSR count). The summed E-state index contributed by atoms with van der Waals surface area (Å²) in [5, 5.41) is 14.2. The Kier molecular flexibility index (Phi) is 5.40. The zero-order chi connectivity index (χ0) is 23.3. The summed E-state index contributed by atoms with van der Waals surface area (Å²) in [5.74, 6) is -0.619. The molecular weight excluding hydrogens is 448 g/mol. The first-order valence-corrected chi connectivity index (χ1v) is 12.7. The first kappa shape index (κ1) is 21.9. The van der Waals surface area contributed by atoms with Gasteiger partial charge in [-0.1, -0.05) is 18.2 Å². The third-order valence-electron chi connectivity index (χ3n) is 6.63. The Morgan fingerprint density at radius 3 is 2.64 bits per heavy atom. The average molecular weight is 475 g/mol. The fourth-order valence-corrected chi connectivity index (χ4v) is 6.94. The number of likely N-dealkylation sites (tertiary alicyclic amines) is 1. The Labute approximate surface area is 191 Å². The molecule has 1 unspecified atom stereocenters. The highest BCUT2D eigenvalue weighted by Gasteiger charge is 2.39. The Bertz CT molecular complexity index is 1230. The molecule has 3 aliphatic rings. The molecule has 1 N–H and O–H groups in total. The topological polar surface area (TPSA) is 122 Å². The van der Waals surface area contributed by atoms with E-state index in [1.165, 1.54) is 4.90 Å². The fourth-order valence-electron chi connectivity index (χ4n) is 5.09. The predicted molar refractivity (Wildman–Crippen MR) is 118 cm³/mol. The maximum Gasteiger partial charge on any atom is 0.407 e. The van der Waals surface area contributed by atoms with Gasteiger partial charge < -0.3 is 19.6 Å². The molecule has 0 saturated carbocycles. The molecule has 1 aromatic carbocycles. The Hall–Kier alpha value is -2.92. The minimum Gasteiger partial charge on any atom is -0.465 e. The standard InChI is InChI=1S/C22H26N4O6S/c1-14-4-2-6-16-19-17(13-33(30,31)20(14)16)18(21(27)24-8-10-32-11-9-24)23-26(19)15-5-3-7-25(12-15)22(28)29/h2,4,6,15H,3,5,7-13H2,1H3,(H,28,29). The molecule has 2 amide bonds. The Morgan fingerprint density at radius 2 is 1.91 bits per heavy atom.